The monoisotopic (exact) mass is 218 g/mol. The number of nitrogens with two attached hydrogens (primary N) is 1. The summed E-state index contributed by atoms with van der Waals surface area (Å²) in [6, 6.07) is 6.49. The van der Waals surface area contributed by atoms with E-state index < -0.39 is 0 Å². The van der Waals surface area contributed by atoms with Crippen LogP contribution in [0, 0.1) is 6.92 Å². The van der Waals surface area contributed by atoms with Crippen molar-refractivity contribution >= 4 is 0 Å². The minimum atomic E-state index is 0.706. The Balaban J connectivity index is 0.00000106. The summed E-state index contributed by atoms with van der Waals surface area (Å²) in [4.78, 5) is 0. The number of nitrogens with one attached hydrogen (secondary N) is 1. The molecule has 1 aromatic carbocycles. The molecule has 0 aliphatic rings. The molecule has 0 aromatic heterocycles. The van der Waals surface area contributed by atoms with Gasteiger partial charge in [-0.05, 0) is 42.8 Å². The van der Waals surface area contributed by atoms with Gasteiger partial charge in [0.15, 0.2) is 0 Å². The molecule has 0 unspecified atom stereocenters. The molecule has 2 heteroatoms. The first-order chi connectivity index (χ1) is 7.77. The van der Waals surface area contributed by atoms with E-state index in [0.29, 0.717) is 6.54 Å². The molecule has 0 saturated heterocycles. The molecule has 2 nitrogen and oxygen atoms in total. The lowest BCUT2D eigenvalue weighted by atomic mass is 10.0. The second-order valence-electron chi connectivity index (χ2n) is 3.38. The van der Waals surface area contributed by atoms with Crippen LogP contribution in [0.25, 0.3) is 0 Å². The summed E-state index contributed by atoms with van der Waals surface area (Å²) in [5.41, 5.74) is 9.44. The maximum absolute atomic E-state index is 5.52. The van der Waals surface area contributed by atoms with Crippen molar-refractivity contribution in [3.05, 3.63) is 60.8 Å². The van der Waals surface area contributed by atoms with Gasteiger partial charge in [0.05, 0.1) is 0 Å². The number of aryl methyl sites for hydroxylation is 1. The molecule has 1 aromatic rings. The maximum Gasteiger partial charge on any atom is 0.0397 e. The summed E-state index contributed by atoms with van der Waals surface area (Å²) in [6.07, 6.45) is 2.66. The normalized spacial score (nSPS) is 8.88. The molecule has 0 amide bonds. The van der Waals surface area contributed by atoms with E-state index in [1.54, 1.807) is 6.20 Å². The molecular formula is C14H22N2. The quantitative estimate of drug-likeness (QED) is 0.745. The van der Waals surface area contributed by atoms with Crippen molar-refractivity contribution in [1.82, 2.24) is 5.32 Å². The van der Waals surface area contributed by atoms with Crippen LogP contribution >= 0.6 is 0 Å². The fourth-order valence-corrected chi connectivity index (χ4v) is 1.42. The second-order valence-corrected chi connectivity index (χ2v) is 3.38. The van der Waals surface area contributed by atoms with Gasteiger partial charge in [-0.25, -0.2) is 0 Å². The van der Waals surface area contributed by atoms with E-state index in [9.17, 15) is 0 Å². The van der Waals surface area contributed by atoms with Gasteiger partial charge in [0.1, 0.15) is 0 Å². The summed E-state index contributed by atoms with van der Waals surface area (Å²) in [6.45, 7) is 13.3. The van der Waals surface area contributed by atoms with Crippen molar-refractivity contribution < 1.29 is 0 Å². The van der Waals surface area contributed by atoms with Crippen molar-refractivity contribution in [2.24, 2.45) is 5.73 Å². The molecule has 0 fully saturated rings. The summed E-state index contributed by atoms with van der Waals surface area (Å²) in [5.74, 6) is 0. The van der Waals surface area contributed by atoms with Crippen LogP contribution in [-0.2, 0) is 13.0 Å². The molecule has 0 radical (unpaired) electrons. The fraction of sp³-hybridized carbons (Fsp3) is 0.286. The SMILES string of the molecule is C=C.C=CNCc1cc(CCN)ccc1C. The van der Waals surface area contributed by atoms with Crippen LogP contribution in [0.2, 0.25) is 0 Å². The van der Waals surface area contributed by atoms with Crippen molar-refractivity contribution in [2.45, 2.75) is 19.9 Å². The summed E-state index contributed by atoms with van der Waals surface area (Å²) >= 11 is 0. The van der Waals surface area contributed by atoms with Crippen LogP contribution in [-0.4, -0.2) is 6.54 Å². The fourth-order valence-electron chi connectivity index (χ4n) is 1.42. The molecule has 0 bridgehead atoms. The Morgan fingerprint density at radius 2 is 2.06 bits per heavy atom. The topological polar surface area (TPSA) is 38.0 Å². The number of benzene rings is 1. The van der Waals surface area contributed by atoms with Crippen LogP contribution < -0.4 is 11.1 Å². The van der Waals surface area contributed by atoms with Gasteiger partial charge in [0.25, 0.3) is 0 Å². The molecule has 0 aliphatic carbocycles. The number of hydrogen-bond acceptors (Lipinski definition) is 2. The Labute approximate surface area is 98.9 Å². The lowest BCUT2D eigenvalue weighted by Gasteiger charge is -2.08. The summed E-state index contributed by atoms with van der Waals surface area (Å²) in [5, 5.41) is 3.11. The van der Waals surface area contributed by atoms with Gasteiger partial charge in [0, 0.05) is 6.54 Å². The second kappa shape index (κ2) is 8.74. The van der Waals surface area contributed by atoms with Crippen LogP contribution in [0.1, 0.15) is 16.7 Å². The smallest absolute Gasteiger partial charge is 0.0397 e. The van der Waals surface area contributed by atoms with Crippen molar-refractivity contribution in [2.75, 3.05) is 6.54 Å². The standard InChI is InChI=1S/C12H18N2.C2H4/c1-3-14-9-12-8-11(6-7-13)5-4-10(12)2;1-2/h3-5,8,14H,1,6-7,9,13H2,2H3;1-2H2. The molecule has 16 heavy (non-hydrogen) atoms. The predicted octanol–water partition coefficient (Wildman–Crippen LogP) is 2.53. The third-order valence-corrected chi connectivity index (χ3v) is 2.28. The van der Waals surface area contributed by atoms with Gasteiger partial charge >= 0.3 is 0 Å². The van der Waals surface area contributed by atoms with Gasteiger partial charge in [-0.2, -0.15) is 0 Å². The van der Waals surface area contributed by atoms with E-state index in [-0.39, 0.29) is 0 Å². The molecule has 0 atom stereocenters. The average Bonchev–Trinajstić information content (AvgIpc) is 2.33. The van der Waals surface area contributed by atoms with Gasteiger partial charge < -0.3 is 11.1 Å². The van der Waals surface area contributed by atoms with Gasteiger partial charge in [0.2, 0.25) is 0 Å². The van der Waals surface area contributed by atoms with Gasteiger partial charge in [-0.1, -0.05) is 24.8 Å². The van der Waals surface area contributed by atoms with Crippen LogP contribution in [0.3, 0.4) is 0 Å². The van der Waals surface area contributed by atoms with E-state index in [1.807, 2.05) is 0 Å². The largest absolute Gasteiger partial charge is 0.387 e. The molecular weight excluding hydrogens is 196 g/mol. The lowest BCUT2D eigenvalue weighted by molar-refractivity contribution is 0.858. The number of hydrogen-bond donors (Lipinski definition) is 2. The molecule has 3 N–H and O–H groups in total. The zero-order valence-corrected chi connectivity index (χ0v) is 10.1. The van der Waals surface area contributed by atoms with Gasteiger partial charge in [-0.15, -0.1) is 13.2 Å². The Bertz CT molecular complexity index is 319. The highest BCUT2D eigenvalue weighted by molar-refractivity contribution is 5.31. The molecule has 0 spiro atoms. The Hall–Kier alpha value is -1.54. The number of rotatable bonds is 5. The molecule has 88 valence electrons. The van der Waals surface area contributed by atoms with Crippen molar-refractivity contribution in [3.63, 3.8) is 0 Å². The molecule has 0 heterocycles. The first-order valence-corrected chi connectivity index (χ1v) is 5.40. The van der Waals surface area contributed by atoms with Crippen molar-refractivity contribution in [3.8, 4) is 0 Å². The van der Waals surface area contributed by atoms with Gasteiger partial charge in [-0.3, -0.25) is 0 Å². The van der Waals surface area contributed by atoms with Crippen LogP contribution in [0.15, 0.2) is 44.1 Å². The zero-order valence-electron chi connectivity index (χ0n) is 10.1. The van der Waals surface area contributed by atoms with E-state index in [1.165, 1.54) is 16.7 Å². The highest BCUT2D eigenvalue weighted by Gasteiger charge is 1.98. The highest BCUT2D eigenvalue weighted by atomic mass is 14.8. The third kappa shape index (κ3) is 4.80. The van der Waals surface area contributed by atoms with E-state index in [2.05, 4.69) is 50.2 Å². The van der Waals surface area contributed by atoms with Crippen LogP contribution in [0.5, 0.6) is 0 Å². The zero-order chi connectivity index (χ0) is 12.4. The lowest BCUT2D eigenvalue weighted by Crippen LogP contribution is -2.07. The third-order valence-electron chi connectivity index (χ3n) is 2.28. The average molecular weight is 218 g/mol. The summed E-state index contributed by atoms with van der Waals surface area (Å²) in [7, 11) is 0. The first-order valence-electron chi connectivity index (χ1n) is 5.40. The minimum Gasteiger partial charge on any atom is -0.387 e. The Morgan fingerprint density at radius 3 is 2.62 bits per heavy atom. The van der Waals surface area contributed by atoms with Crippen LogP contribution in [0.4, 0.5) is 0 Å². The van der Waals surface area contributed by atoms with E-state index in [0.717, 1.165) is 13.0 Å². The Morgan fingerprint density at radius 1 is 1.38 bits per heavy atom. The first kappa shape index (κ1) is 14.5. The molecule has 0 saturated carbocycles. The highest BCUT2D eigenvalue weighted by Crippen LogP contribution is 2.11. The predicted molar refractivity (Wildman–Crippen MR) is 72.2 cm³/mol. The maximum atomic E-state index is 5.52. The van der Waals surface area contributed by atoms with E-state index in [4.69, 9.17) is 5.73 Å². The molecule has 1 rings (SSSR count). The minimum absolute atomic E-state index is 0.706. The molecule has 0 aliphatic heterocycles. The Kier molecular flexibility index (Phi) is 7.90. The summed E-state index contributed by atoms with van der Waals surface area (Å²) < 4.78 is 0. The van der Waals surface area contributed by atoms with E-state index >= 15 is 0 Å². The van der Waals surface area contributed by atoms with Crippen molar-refractivity contribution in [1.29, 1.82) is 0 Å².